The molecule has 1 aliphatic rings. The van der Waals surface area contributed by atoms with Crippen molar-refractivity contribution in [3.05, 3.63) is 24.0 Å². The van der Waals surface area contributed by atoms with Crippen molar-refractivity contribution < 1.29 is 30.7 Å². The zero-order chi connectivity index (χ0) is 15.1. The van der Waals surface area contributed by atoms with Crippen molar-refractivity contribution in [1.82, 2.24) is 0 Å². The predicted octanol–water partition coefficient (Wildman–Crippen LogP) is 2.31. The molecule has 20 heavy (non-hydrogen) atoms. The van der Waals surface area contributed by atoms with Gasteiger partial charge in [0.2, 0.25) is 10.0 Å². The average Bonchev–Trinajstić information content (AvgIpc) is 2.35. The van der Waals surface area contributed by atoms with E-state index in [0.29, 0.717) is 11.2 Å². The molecule has 112 valence electrons. The summed E-state index contributed by atoms with van der Waals surface area (Å²) in [5, 5.41) is -2.58. The van der Waals surface area contributed by atoms with Crippen molar-refractivity contribution in [3.8, 4) is 5.75 Å². The first kappa shape index (κ1) is 14.9. The molecule has 1 aromatic carbocycles. The van der Waals surface area contributed by atoms with Crippen LogP contribution in [0.1, 0.15) is 6.92 Å². The molecule has 0 bridgehead atoms. The van der Waals surface area contributed by atoms with Crippen LogP contribution >= 0.6 is 0 Å². The Labute approximate surface area is 113 Å². The number of nitrogens with zero attached hydrogens (tertiary/aromatic N) is 1. The van der Waals surface area contributed by atoms with Crippen molar-refractivity contribution in [3.63, 3.8) is 0 Å². The van der Waals surface area contributed by atoms with Gasteiger partial charge in [-0.05, 0) is 19.1 Å². The molecule has 1 atom stereocenters. The molecule has 0 radical (unpaired) electrons. The minimum atomic E-state index is -4.90. The highest BCUT2D eigenvalue weighted by atomic mass is 32.2. The SMILES string of the molecule is CC(C(F)(F)F)S(=O)(=O)N1CCOc2ccc(F)cc21. The van der Waals surface area contributed by atoms with E-state index in [9.17, 15) is 26.0 Å². The standard InChI is InChI=1S/C11H11F4NO3S/c1-7(11(13,14)15)20(17,18)16-4-5-19-10-3-2-8(12)6-9(10)16/h2-3,6-7H,4-5H2,1H3. The molecule has 0 spiro atoms. The maximum atomic E-state index is 13.2. The van der Waals surface area contributed by atoms with Gasteiger partial charge in [0.05, 0.1) is 12.2 Å². The van der Waals surface area contributed by atoms with E-state index in [-0.39, 0.29) is 24.6 Å². The van der Waals surface area contributed by atoms with Crippen molar-refractivity contribution in [2.75, 3.05) is 17.5 Å². The van der Waals surface area contributed by atoms with Gasteiger partial charge in [-0.1, -0.05) is 0 Å². The van der Waals surface area contributed by atoms with Gasteiger partial charge in [0.15, 0.2) is 5.25 Å². The highest BCUT2D eigenvalue weighted by Gasteiger charge is 2.48. The summed E-state index contributed by atoms with van der Waals surface area (Å²) in [6, 6.07) is 3.07. The number of halogens is 4. The Morgan fingerprint density at radius 2 is 2.00 bits per heavy atom. The summed E-state index contributed by atoms with van der Waals surface area (Å²) in [6.07, 6.45) is -4.90. The van der Waals surface area contributed by atoms with Crippen LogP contribution in [-0.4, -0.2) is 33.0 Å². The third-order valence-electron chi connectivity index (χ3n) is 2.96. The lowest BCUT2D eigenvalue weighted by atomic mass is 10.2. The Morgan fingerprint density at radius 1 is 1.35 bits per heavy atom. The van der Waals surface area contributed by atoms with Crippen molar-refractivity contribution in [1.29, 1.82) is 0 Å². The van der Waals surface area contributed by atoms with Crippen molar-refractivity contribution >= 4 is 15.7 Å². The molecular formula is C11H11F4NO3S. The van der Waals surface area contributed by atoms with Crippen LogP contribution in [0.5, 0.6) is 5.75 Å². The summed E-state index contributed by atoms with van der Waals surface area (Å²) in [6.45, 7) is 0.172. The first-order valence-electron chi connectivity index (χ1n) is 5.64. The highest BCUT2D eigenvalue weighted by Crippen LogP contribution is 2.37. The second-order valence-electron chi connectivity index (χ2n) is 4.26. The summed E-state index contributed by atoms with van der Waals surface area (Å²) < 4.78 is 80.9. The molecule has 2 rings (SSSR count). The lowest BCUT2D eigenvalue weighted by Gasteiger charge is -2.32. The molecule has 0 fully saturated rings. The largest absolute Gasteiger partial charge is 0.489 e. The lowest BCUT2D eigenvalue weighted by molar-refractivity contribution is -0.126. The van der Waals surface area contributed by atoms with E-state index in [4.69, 9.17) is 4.74 Å². The smallest absolute Gasteiger partial charge is 0.407 e. The van der Waals surface area contributed by atoms with Crippen LogP contribution < -0.4 is 9.04 Å². The van der Waals surface area contributed by atoms with Crippen LogP contribution in [0, 0.1) is 5.82 Å². The summed E-state index contributed by atoms with van der Waals surface area (Å²) >= 11 is 0. The van der Waals surface area contributed by atoms with E-state index in [1.165, 1.54) is 6.07 Å². The number of hydrogen-bond donors (Lipinski definition) is 0. The third-order valence-corrected chi connectivity index (χ3v) is 5.11. The van der Waals surface area contributed by atoms with Gasteiger partial charge in [0.1, 0.15) is 18.2 Å². The Hall–Kier alpha value is -1.51. The van der Waals surface area contributed by atoms with Gasteiger partial charge in [-0.3, -0.25) is 4.31 Å². The maximum absolute atomic E-state index is 13.2. The first-order valence-corrected chi connectivity index (χ1v) is 7.15. The summed E-state index contributed by atoms with van der Waals surface area (Å²) in [5.74, 6) is -0.718. The number of rotatable bonds is 2. The van der Waals surface area contributed by atoms with Gasteiger partial charge in [0, 0.05) is 6.07 Å². The molecule has 1 heterocycles. The lowest BCUT2D eigenvalue weighted by Crippen LogP contribution is -2.47. The Kier molecular flexibility index (Phi) is 3.57. The van der Waals surface area contributed by atoms with E-state index in [2.05, 4.69) is 0 Å². The molecule has 1 aromatic rings. The van der Waals surface area contributed by atoms with E-state index in [1.54, 1.807) is 0 Å². The molecule has 0 aromatic heterocycles. The molecule has 4 nitrogen and oxygen atoms in total. The van der Waals surface area contributed by atoms with E-state index < -0.39 is 27.3 Å². The van der Waals surface area contributed by atoms with Gasteiger partial charge >= 0.3 is 6.18 Å². The van der Waals surface area contributed by atoms with Gasteiger partial charge < -0.3 is 4.74 Å². The minimum absolute atomic E-state index is 0.0376. The van der Waals surface area contributed by atoms with Crippen molar-refractivity contribution in [2.24, 2.45) is 0 Å². The number of benzene rings is 1. The van der Waals surface area contributed by atoms with Gasteiger partial charge in [0.25, 0.3) is 0 Å². The quantitative estimate of drug-likeness (QED) is 0.787. The molecule has 0 saturated heterocycles. The third kappa shape index (κ3) is 2.54. The summed E-state index contributed by atoms with van der Waals surface area (Å²) in [7, 11) is -4.69. The highest BCUT2D eigenvalue weighted by molar-refractivity contribution is 7.93. The van der Waals surface area contributed by atoms with Gasteiger partial charge in [-0.15, -0.1) is 0 Å². The number of alkyl halides is 3. The van der Waals surface area contributed by atoms with Crippen LogP contribution in [0.25, 0.3) is 0 Å². The number of hydrogen-bond acceptors (Lipinski definition) is 3. The van der Waals surface area contributed by atoms with Crippen LogP contribution in [0.3, 0.4) is 0 Å². The monoisotopic (exact) mass is 313 g/mol. The Morgan fingerprint density at radius 3 is 2.60 bits per heavy atom. The normalized spacial score (nSPS) is 17.4. The van der Waals surface area contributed by atoms with Crippen LogP contribution in [0.4, 0.5) is 23.2 Å². The topological polar surface area (TPSA) is 46.6 Å². The summed E-state index contributed by atoms with van der Waals surface area (Å²) in [5.41, 5.74) is -0.215. The second-order valence-corrected chi connectivity index (χ2v) is 6.44. The van der Waals surface area contributed by atoms with Crippen LogP contribution in [0.2, 0.25) is 0 Å². The van der Waals surface area contributed by atoms with Crippen LogP contribution in [0.15, 0.2) is 18.2 Å². The zero-order valence-electron chi connectivity index (χ0n) is 10.3. The first-order chi connectivity index (χ1) is 9.14. The fraction of sp³-hybridized carbons (Fsp3) is 0.455. The number of fused-ring (bicyclic) bond motifs is 1. The van der Waals surface area contributed by atoms with E-state index in [1.807, 2.05) is 0 Å². The predicted molar refractivity (Wildman–Crippen MR) is 63.7 cm³/mol. The van der Waals surface area contributed by atoms with E-state index in [0.717, 1.165) is 12.1 Å². The molecule has 9 heteroatoms. The van der Waals surface area contributed by atoms with Crippen LogP contribution in [-0.2, 0) is 10.0 Å². The van der Waals surface area contributed by atoms with Gasteiger partial charge in [-0.2, -0.15) is 13.2 Å². The molecule has 0 N–H and O–H groups in total. The Balaban J connectivity index is 2.48. The Bertz CT molecular complexity index is 615. The van der Waals surface area contributed by atoms with Crippen molar-refractivity contribution in [2.45, 2.75) is 18.3 Å². The zero-order valence-corrected chi connectivity index (χ0v) is 11.1. The maximum Gasteiger partial charge on any atom is 0.407 e. The minimum Gasteiger partial charge on any atom is -0.489 e. The molecule has 0 amide bonds. The fourth-order valence-electron chi connectivity index (χ4n) is 1.79. The van der Waals surface area contributed by atoms with Gasteiger partial charge in [-0.25, -0.2) is 12.8 Å². The number of sulfonamides is 1. The molecule has 1 unspecified atom stereocenters. The molecule has 0 saturated carbocycles. The number of anilines is 1. The average molecular weight is 313 g/mol. The molecular weight excluding hydrogens is 302 g/mol. The number of ether oxygens (including phenoxy) is 1. The second kappa shape index (κ2) is 4.80. The molecule has 1 aliphatic heterocycles. The fourth-order valence-corrected chi connectivity index (χ4v) is 3.26. The summed E-state index contributed by atoms with van der Waals surface area (Å²) in [4.78, 5) is 0. The molecule has 0 aliphatic carbocycles. The van der Waals surface area contributed by atoms with E-state index >= 15 is 0 Å².